The predicted molar refractivity (Wildman–Crippen MR) is 103 cm³/mol. The summed E-state index contributed by atoms with van der Waals surface area (Å²) in [6.07, 6.45) is 3.10. The molecule has 0 heterocycles. The first kappa shape index (κ1) is 19.4. The molecule has 0 unspecified atom stereocenters. The van der Waals surface area contributed by atoms with Crippen LogP contribution in [0.2, 0.25) is 0 Å². The van der Waals surface area contributed by atoms with E-state index in [2.05, 4.69) is 26.0 Å². The van der Waals surface area contributed by atoms with Crippen LogP contribution >= 0.6 is 15.9 Å². The molecule has 0 saturated heterocycles. The van der Waals surface area contributed by atoms with Crippen molar-refractivity contribution in [3.8, 4) is 0 Å². The Balaban J connectivity index is 1.79. The Bertz CT molecular complexity index is 862. The SMILES string of the molecule is Cc1ccc(S(=O)(=O)NCCNC(=O)C=Cc2ccccc2Br)cc1. The van der Waals surface area contributed by atoms with Crippen LogP contribution in [-0.2, 0) is 14.8 Å². The number of amides is 1. The van der Waals surface area contributed by atoms with Crippen molar-refractivity contribution in [1.82, 2.24) is 10.0 Å². The van der Waals surface area contributed by atoms with Crippen LogP contribution in [0.4, 0.5) is 0 Å². The molecule has 5 nitrogen and oxygen atoms in total. The Morgan fingerprint density at radius 3 is 2.44 bits per heavy atom. The van der Waals surface area contributed by atoms with E-state index in [1.54, 1.807) is 30.3 Å². The van der Waals surface area contributed by atoms with E-state index in [1.807, 2.05) is 31.2 Å². The normalized spacial score (nSPS) is 11.6. The Morgan fingerprint density at radius 2 is 1.76 bits per heavy atom. The monoisotopic (exact) mass is 422 g/mol. The van der Waals surface area contributed by atoms with Crippen LogP contribution in [0.5, 0.6) is 0 Å². The van der Waals surface area contributed by atoms with Crippen LogP contribution in [0, 0.1) is 6.92 Å². The minimum Gasteiger partial charge on any atom is -0.351 e. The number of sulfonamides is 1. The fourth-order valence-electron chi connectivity index (χ4n) is 2.01. The van der Waals surface area contributed by atoms with E-state index in [0.29, 0.717) is 0 Å². The number of hydrogen-bond acceptors (Lipinski definition) is 3. The fraction of sp³-hybridized carbons (Fsp3) is 0.167. The van der Waals surface area contributed by atoms with Crippen molar-refractivity contribution in [2.45, 2.75) is 11.8 Å². The second kappa shape index (κ2) is 8.94. The lowest BCUT2D eigenvalue weighted by Gasteiger charge is -2.07. The molecule has 2 N–H and O–H groups in total. The molecular formula is C18H19BrN2O3S. The van der Waals surface area contributed by atoms with E-state index in [-0.39, 0.29) is 23.9 Å². The number of benzene rings is 2. The van der Waals surface area contributed by atoms with Crippen LogP contribution in [-0.4, -0.2) is 27.4 Å². The Morgan fingerprint density at radius 1 is 1.08 bits per heavy atom. The van der Waals surface area contributed by atoms with E-state index in [9.17, 15) is 13.2 Å². The van der Waals surface area contributed by atoms with Crippen molar-refractivity contribution in [3.63, 3.8) is 0 Å². The van der Waals surface area contributed by atoms with Gasteiger partial charge in [-0.2, -0.15) is 0 Å². The maximum atomic E-state index is 12.1. The third kappa shape index (κ3) is 6.12. The second-order valence-electron chi connectivity index (χ2n) is 5.36. The Kier molecular flexibility index (Phi) is 6.92. The van der Waals surface area contributed by atoms with Gasteiger partial charge < -0.3 is 5.32 Å². The van der Waals surface area contributed by atoms with E-state index >= 15 is 0 Å². The number of nitrogens with one attached hydrogen (secondary N) is 2. The number of rotatable bonds is 7. The molecule has 132 valence electrons. The first-order valence-corrected chi connectivity index (χ1v) is 9.93. The molecule has 0 aliphatic rings. The fourth-order valence-corrected chi connectivity index (χ4v) is 3.46. The lowest BCUT2D eigenvalue weighted by atomic mass is 10.2. The average molecular weight is 423 g/mol. The molecule has 2 aromatic carbocycles. The molecule has 0 radical (unpaired) electrons. The van der Waals surface area contributed by atoms with Crippen LogP contribution in [0.3, 0.4) is 0 Å². The van der Waals surface area contributed by atoms with E-state index in [0.717, 1.165) is 15.6 Å². The summed E-state index contributed by atoms with van der Waals surface area (Å²) < 4.78 is 27.5. The van der Waals surface area contributed by atoms with Gasteiger partial charge in [-0.15, -0.1) is 0 Å². The van der Waals surface area contributed by atoms with Gasteiger partial charge in [-0.3, -0.25) is 4.79 Å². The quantitative estimate of drug-likeness (QED) is 0.531. The van der Waals surface area contributed by atoms with Gasteiger partial charge in [0.15, 0.2) is 0 Å². The number of aryl methyl sites for hydroxylation is 1. The summed E-state index contributed by atoms with van der Waals surface area (Å²) in [5.74, 6) is -0.287. The third-order valence-electron chi connectivity index (χ3n) is 3.37. The van der Waals surface area contributed by atoms with Gasteiger partial charge in [0, 0.05) is 23.6 Å². The summed E-state index contributed by atoms with van der Waals surface area (Å²) in [4.78, 5) is 12.0. The number of halogens is 1. The summed E-state index contributed by atoms with van der Waals surface area (Å²) in [5.41, 5.74) is 1.88. The highest BCUT2D eigenvalue weighted by Crippen LogP contribution is 2.16. The zero-order chi connectivity index (χ0) is 18.3. The van der Waals surface area contributed by atoms with Crippen molar-refractivity contribution in [2.24, 2.45) is 0 Å². The molecule has 2 rings (SSSR count). The topological polar surface area (TPSA) is 75.3 Å². The molecule has 0 aromatic heterocycles. The molecule has 7 heteroatoms. The zero-order valence-corrected chi connectivity index (χ0v) is 16.1. The Labute approximate surface area is 156 Å². The molecule has 2 aromatic rings. The smallest absolute Gasteiger partial charge is 0.244 e. The standard InChI is InChI=1S/C18H19BrN2O3S/c1-14-6-9-16(10-7-14)25(23,24)21-13-12-20-18(22)11-8-15-4-2-3-5-17(15)19/h2-11,21H,12-13H2,1H3,(H,20,22). The van der Waals surface area contributed by atoms with Crippen molar-refractivity contribution in [1.29, 1.82) is 0 Å². The molecule has 25 heavy (non-hydrogen) atoms. The average Bonchev–Trinajstić information content (AvgIpc) is 2.58. The molecule has 0 fully saturated rings. The molecule has 0 aliphatic carbocycles. The van der Waals surface area contributed by atoms with Crippen molar-refractivity contribution in [2.75, 3.05) is 13.1 Å². The zero-order valence-electron chi connectivity index (χ0n) is 13.7. The van der Waals surface area contributed by atoms with Gasteiger partial charge >= 0.3 is 0 Å². The highest BCUT2D eigenvalue weighted by Gasteiger charge is 2.12. The Hall–Kier alpha value is -1.96. The molecule has 1 amide bonds. The van der Waals surface area contributed by atoms with Crippen LogP contribution < -0.4 is 10.0 Å². The third-order valence-corrected chi connectivity index (χ3v) is 5.57. The van der Waals surface area contributed by atoms with E-state index in [1.165, 1.54) is 6.08 Å². The van der Waals surface area contributed by atoms with Gasteiger partial charge in [0.2, 0.25) is 15.9 Å². The lowest BCUT2D eigenvalue weighted by molar-refractivity contribution is -0.116. The minimum absolute atomic E-state index is 0.116. The van der Waals surface area contributed by atoms with Crippen molar-refractivity contribution < 1.29 is 13.2 Å². The summed E-state index contributed by atoms with van der Waals surface area (Å²) >= 11 is 3.40. The summed E-state index contributed by atoms with van der Waals surface area (Å²) in [5, 5.41) is 2.64. The first-order chi connectivity index (χ1) is 11.9. The summed E-state index contributed by atoms with van der Waals surface area (Å²) in [6.45, 7) is 2.20. The van der Waals surface area contributed by atoms with Gasteiger partial charge in [0.25, 0.3) is 0 Å². The van der Waals surface area contributed by atoms with Crippen molar-refractivity contribution in [3.05, 3.63) is 70.2 Å². The molecule has 0 spiro atoms. The number of carbonyl (C=O) groups excluding carboxylic acids is 1. The molecule has 0 saturated carbocycles. The van der Waals surface area contributed by atoms with Crippen LogP contribution in [0.15, 0.2) is 64.0 Å². The van der Waals surface area contributed by atoms with Crippen LogP contribution in [0.1, 0.15) is 11.1 Å². The summed E-state index contributed by atoms with van der Waals surface area (Å²) in [7, 11) is -3.56. The van der Waals surface area contributed by atoms with Crippen molar-refractivity contribution >= 4 is 37.9 Å². The second-order valence-corrected chi connectivity index (χ2v) is 7.98. The molecule has 0 bridgehead atoms. The molecule has 0 aliphatic heterocycles. The highest BCUT2D eigenvalue weighted by atomic mass is 79.9. The van der Waals surface area contributed by atoms with Gasteiger partial charge in [-0.25, -0.2) is 13.1 Å². The highest BCUT2D eigenvalue weighted by molar-refractivity contribution is 9.10. The number of carbonyl (C=O) groups is 1. The lowest BCUT2D eigenvalue weighted by Crippen LogP contribution is -2.34. The first-order valence-electron chi connectivity index (χ1n) is 7.65. The van der Waals surface area contributed by atoms with Crippen LogP contribution in [0.25, 0.3) is 6.08 Å². The molecule has 0 atom stereocenters. The predicted octanol–water partition coefficient (Wildman–Crippen LogP) is 2.87. The van der Waals surface area contributed by atoms with Gasteiger partial charge in [-0.1, -0.05) is 51.8 Å². The maximum absolute atomic E-state index is 12.1. The van der Waals surface area contributed by atoms with E-state index in [4.69, 9.17) is 0 Å². The van der Waals surface area contributed by atoms with Gasteiger partial charge in [0.05, 0.1) is 4.90 Å². The largest absolute Gasteiger partial charge is 0.351 e. The molecular weight excluding hydrogens is 404 g/mol. The van der Waals surface area contributed by atoms with Gasteiger partial charge in [-0.05, 0) is 36.8 Å². The van der Waals surface area contributed by atoms with E-state index < -0.39 is 10.0 Å². The summed E-state index contributed by atoms with van der Waals surface area (Å²) in [6, 6.07) is 14.1. The van der Waals surface area contributed by atoms with Gasteiger partial charge in [0.1, 0.15) is 0 Å². The number of hydrogen-bond donors (Lipinski definition) is 2. The maximum Gasteiger partial charge on any atom is 0.244 e. The minimum atomic E-state index is -3.56.